The zero-order valence-corrected chi connectivity index (χ0v) is 24.4. The molecule has 1 aromatic carbocycles. The van der Waals surface area contributed by atoms with Gasteiger partial charge in [-0.2, -0.15) is 0 Å². The van der Waals surface area contributed by atoms with Gasteiger partial charge in [0.05, 0.1) is 23.2 Å². The summed E-state index contributed by atoms with van der Waals surface area (Å²) in [5, 5.41) is 1.87. The van der Waals surface area contributed by atoms with E-state index in [0.717, 1.165) is 25.0 Å². The van der Waals surface area contributed by atoms with Crippen LogP contribution < -0.4 is 4.74 Å². The first-order valence-corrected chi connectivity index (χ1v) is 14.5. The number of rotatable bonds is 15. The van der Waals surface area contributed by atoms with Crippen molar-refractivity contribution in [3.8, 4) is 5.75 Å². The molecule has 210 valence electrons. The van der Waals surface area contributed by atoms with Crippen LogP contribution in [0.2, 0.25) is 0 Å². The predicted octanol–water partition coefficient (Wildman–Crippen LogP) is 7.89. The Morgan fingerprint density at radius 3 is 2.05 bits per heavy atom. The van der Waals surface area contributed by atoms with Gasteiger partial charge in [-0.25, -0.2) is 4.79 Å². The second-order valence-electron chi connectivity index (χ2n) is 11.2. The fraction of sp³-hybridized carbons (Fsp3) is 0.742. The average molecular weight is 518 g/mol. The number of hydroxylamine groups is 2. The minimum Gasteiger partial charge on any atom is -0.494 e. The van der Waals surface area contributed by atoms with Crippen molar-refractivity contribution in [3.63, 3.8) is 0 Å². The van der Waals surface area contributed by atoms with Crippen molar-refractivity contribution in [2.45, 2.75) is 136 Å². The van der Waals surface area contributed by atoms with Gasteiger partial charge in [-0.3, -0.25) is 4.79 Å². The third-order valence-electron chi connectivity index (χ3n) is 8.45. The smallest absolute Gasteiger partial charge is 0.338 e. The van der Waals surface area contributed by atoms with Crippen molar-refractivity contribution in [3.05, 3.63) is 29.8 Å². The second kappa shape index (κ2) is 14.8. The molecule has 0 saturated carbocycles. The Labute approximate surface area is 225 Å². The topological polar surface area (TPSA) is 65.1 Å². The molecule has 2 rings (SSSR count). The fourth-order valence-electron chi connectivity index (χ4n) is 5.45. The van der Waals surface area contributed by atoms with Crippen LogP contribution in [0.1, 0.15) is 129 Å². The largest absolute Gasteiger partial charge is 0.494 e. The molecule has 0 N–H and O–H groups in total. The number of carbonyl (C=O) groups is 2. The van der Waals surface area contributed by atoms with E-state index in [9.17, 15) is 9.59 Å². The van der Waals surface area contributed by atoms with E-state index in [4.69, 9.17) is 14.3 Å². The lowest BCUT2D eigenvalue weighted by atomic mass is 9.69. The molecule has 0 aliphatic carbocycles. The van der Waals surface area contributed by atoms with Gasteiger partial charge in [-0.15, -0.1) is 5.06 Å². The third-order valence-corrected chi connectivity index (χ3v) is 8.45. The van der Waals surface area contributed by atoms with E-state index in [1.807, 2.05) is 17.2 Å². The Morgan fingerprint density at radius 2 is 1.51 bits per heavy atom. The molecular weight excluding hydrogens is 466 g/mol. The summed E-state index contributed by atoms with van der Waals surface area (Å²) in [5.41, 5.74) is -0.362. The number of hydrogen-bond acceptors (Lipinski definition) is 6. The molecule has 0 amide bonds. The molecule has 6 nitrogen and oxygen atoms in total. The maximum Gasteiger partial charge on any atom is 0.338 e. The zero-order valence-electron chi connectivity index (χ0n) is 24.4. The van der Waals surface area contributed by atoms with E-state index in [1.54, 1.807) is 12.1 Å². The van der Waals surface area contributed by atoms with Crippen molar-refractivity contribution in [1.82, 2.24) is 5.06 Å². The predicted molar refractivity (Wildman–Crippen MR) is 149 cm³/mol. The van der Waals surface area contributed by atoms with Crippen molar-refractivity contribution >= 4 is 11.9 Å². The number of esters is 1. The highest BCUT2D eigenvalue weighted by molar-refractivity contribution is 5.89. The summed E-state index contributed by atoms with van der Waals surface area (Å²) in [6.07, 6.45) is 12.0. The van der Waals surface area contributed by atoms with E-state index in [0.29, 0.717) is 18.6 Å². The summed E-state index contributed by atoms with van der Waals surface area (Å²) in [5.74, 6) is 0.102. The number of nitrogens with zero attached hydrogens (tertiary/aromatic N) is 1. The quantitative estimate of drug-likeness (QED) is 0.174. The van der Waals surface area contributed by atoms with Gasteiger partial charge in [-0.05, 0) is 57.4 Å². The lowest BCUT2D eigenvalue weighted by molar-refractivity contribution is -0.297. The van der Waals surface area contributed by atoms with Crippen LogP contribution in [0, 0.1) is 5.92 Å². The molecule has 1 aliphatic heterocycles. The van der Waals surface area contributed by atoms with Crippen molar-refractivity contribution < 1.29 is 23.9 Å². The molecule has 0 radical (unpaired) electrons. The molecule has 37 heavy (non-hydrogen) atoms. The molecule has 6 heteroatoms. The number of hydrogen-bond donors (Lipinski definition) is 0. The van der Waals surface area contributed by atoms with Crippen LogP contribution in [0.25, 0.3) is 0 Å². The Kier molecular flexibility index (Phi) is 12.4. The van der Waals surface area contributed by atoms with Crippen LogP contribution in [0.5, 0.6) is 5.75 Å². The average Bonchev–Trinajstić information content (AvgIpc) is 2.89. The van der Waals surface area contributed by atoms with Gasteiger partial charge in [0.1, 0.15) is 11.9 Å². The summed E-state index contributed by atoms with van der Waals surface area (Å²) >= 11 is 0. The monoisotopic (exact) mass is 517 g/mol. The molecular formula is C31H51NO5. The number of unbranched alkanes of at least 4 members (excludes halogenated alkanes) is 7. The van der Waals surface area contributed by atoms with E-state index in [2.05, 4.69) is 41.5 Å². The maximum absolute atomic E-state index is 13.1. The van der Waals surface area contributed by atoms with Crippen LogP contribution in [0.4, 0.5) is 0 Å². The molecule has 1 aliphatic rings. The first kappa shape index (κ1) is 31.1. The molecule has 4 atom stereocenters. The van der Waals surface area contributed by atoms with Crippen LogP contribution in [0.3, 0.4) is 0 Å². The Hall–Kier alpha value is -2.08. The van der Waals surface area contributed by atoms with Crippen LogP contribution in [-0.4, -0.2) is 40.8 Å². The molecule has 1 fully saturated rings. The summed E-state index contributed by atoms with van der Waals surface area (Å²) in [6.45, 7) is 14.8. The Bertz CT molecular complexity index is 841. The van der Waals surface area contributed by atoms with Crippen LogP contribution in [-0.2, 0) is 14.4 Å². The Morgan fingerprint density at radius 1 is 0.919 bits per heavy atom. The summed E-state index contributed by atoms with van der Waals surface area (Å²) in [7, 11) is 0. The first-order valence-electron chi connectivity index (χ1n) is 14.5. The third kappa shape index (κ3) is 8.46. The van der Waals surface area contributed by atoms with Gasteiger partial charge >= 0.3 is 11.9 Å². The van der Waals surface area contributed by atoms with Gasteiger partial charge in [-0.1, -0.05) is 72.6 Å². The number of carbonyl (C=O) groups excluding carboxylic acids is 2. The van der Waals surface area contributed by atoms with Crippen LogP contribution in [0.15, 0.2) is 24.3 Å². The number of ether oxygens (including phenoxy) is 2. The van der Waals surface area contributed by atoms with E-state index >= 15 is 0 Å². The van der Waals surface area contributed by atoms with Gasteiger partial charge in [0, 0.05) is 19.3 Å². The lowest BCUT2D eigenvalue weighted by Gasteiger charge is -2.57. The second-order valence-corrected chi connectivity index (χ2v) is 11.2. The lowest BCUT2D eigenvalue weighted by Crippen LogP contribution is -2.68. The summed E-state index contributed by atoms with van der Waals surface area (Å²) in [6, 6.07) is 7.25. The van der Waals surface area contributed by atoms with Gasteiger partial charge < -0.3 is 14.3 Å². The number of benzene rings is 1. The van der Waals surface area contributed by atoms with E-state index in [1.165, 1.54) is 51.9 Å². The van der Waals surface area contributed by atoms with Gasteiger partial charge in [0.2, 0.25) is 0 Å². The van der Waals surface area contributed by atoms with E-state index < -0.39 is 11.1 Å². The molecule has 0 spiro atoms. The fourth-order valence-corrected chi connectivity index (χ4v) is 5.45. The first-order chi connectivity index (χ1) is 17.6. The standard InChI is InChI=1S/C31H51NO5/c1-8-11-12-13-14-15-16-17-22-35-27-20-18-26(19-21-27)29(34)36-28-23-30(6,9-2)32(37-25(5)33)31(7,10-3)24(28)4/h18-21,24,28H,8-17,22-23H2,1-7H3. The van der Waals surface area contributed by atoms with Crippen molar-refractivity contribution in [2.75, 3.05) is 6.61 Å². The highest BCUT2D eigenvalue weighted by Crippen LogP contribution is 2.47. The SMILES string of the molecule is CCCCCCCCCCOc1ccc(C(=O)OC2CC(C)(CC)N(OC(C)=O)C(C)(CC)C2C)cc1. The summed E-state index contributed by atoms with van der Waals surface area (Å²) in [4.78, 5) is 30.7. The molecule has 1 saturated heterocycles. The highest BCUT2D eigenvalue weighted by atomic mass is 16.7. The minimum atomic E-state index is -0.452. The van der Waals surface area contributed by atoms with Crippen LogP contribution >= 0.6 is 0 Å². The minimum absolute atomic E-state index is 0.0188. The highest BCUT2D eigenvalue weighted by Gasteiger charge is 2.56. The molecule has 4 unspecified atom stereocenters. The molecule has 1 heterocycles. The van der Waals surface area contributed by atoms with Gasteiger partial charge in [0.15, 0.2) is 0 Å². The normalized spacial score (nSPS) is 26.0. The molecule has 0 bridgehead atoms. The zero-order chi connectivity index (χ0) is 27.5. The Balaban J connectivity index is 1.92. The van der Waals surface area contributed by atoms with Crippen molar-refractivity contribution in [1.29, 1.82) is 0 Å². The summed E-state index contributed by atoms with van der Waals surface area (Å²) < 4.78 is 12.0. The molecule has 0 aromatic heterocycles. The maximum atomic E-state index is 13.1. The van der Waals surface area contributed by atoms with E-state index in [-0.39, 0.29) is 24.0 Å². The van der Waals surface area contributed by atoms with Gasteiger partial charge in [0.25, 0.3) is 0 Å². The van der Waals surface area contributed by atoms with Crippen molar-refractivity contribution in [2.24, 2.45) is 5.92 Å². The number of piperidine rings is 1. The molecule has 1 aromatic rings.